The van der Waals surface area contributed by atoms with Crippen molar-refractivity contribution in [1.29, 1.82) is 0 Å². The van der Waals surface area contributed by atoms with Gasteiger partial charge in [-0.05, 0) is 42.0 Å². The topological polar surface area (TPSA) is 9.23 Å². The van der Waals surface area contributed by atoms with E-state index in [0.717, 1.165) is 18.6 Å². The number of hydrogen-bond acceptors (Lipinski definition) is 1. The van der Waals surface area contributed by atoms with E-state index in [0.29, 0.717) is 0 Å². The van der Waals surface area contributed by atoms with Crippen LogP contribution in [-0.4, -0.2) is 15.4 Å². The molecule has 1 heterocycles. The zero-order valence-corrected chi connectivity index (χ0v) is 13.0. The summed E-state index contributed by atoms with van der Waals surface area (Å²) in [6.45, 7) is 13.4. The Bertz CT molecular complexity index is 470. The highest BCUT2D eigenvalue weighted by Gasteiger charge is 2.40. The van der Waals surface area contributed by atoms with E-state index in [1.54, 1.807) is 0 Å². The average molecular weight is 271 g/mol. The van der Waals surface area contributed by atoms with Crippen molar-refractivity contribution < 1.29 is 4.74 Å². The van der Waals surface area contributed by atoms with Crippen molar-refractivity contribution in [2.24, 2.45) is 0 Å². The molecule has 2 heteroatoms. The van der Waals surface area contributed by atoms with Gasteiger partial charge in [0.2, 0.25) is 0 Å². The minimum Gasteiger partial charge on any atom is -0.374 e. The van der Waals surface area contributed by atoms with Gasteiger partial charge in [0.05, 0.1) is 14.0 Å². The second-order valence-electron chi connectivity index (χ2n) is 5.39. The van der Waals surface area contributed by atoms with Crippen LogP contribution in [0.1, 0.15) is 36.0 Å². The minimum atomic E-state index is -0.608. The van der Waals surface area contributed by atoms with Crippen LogP contribution in [0.15, 0.2) is 31.4 Å². The summed E-state index contributed by atoms with van der Waals surface area (Å²) >= 11 is 0. The Labute approximate surface area is 118 Å². The lowest BCUT2D eigenvalue weighted by Gasteiger charge is -2.41. The molecule has 19 heavy (non-hydrogen) atoms. The third-order valence-corrected chi connectivity index (χ3v) is 6.33. The summed E-state index contributed by atoms with van der Waals surface area (Å²) in [5.74, 6) is 0. The van der Waals surface area contributed by atoms with E-state index in [2.05, 4.69) is 44.5 Å². The van der Waals surface area contributed by atoms with Gasteiger partial charge < -0.3 is 4.74 Å². The van der Waals surface area contributed by atoms with Gasteiger partial charge >= 0.3 is 0 Å². The molecule has 0 aromatic heterocycles. The monoisotopic (exact) mass is 271 g/mol. The Morgan fingerprint density at radius 1 is 1.21 bits per heavy atom. The van der Waals surface area contributed by atoms with E-state index in [-0.39, 0.29) is 5.22 Å². The van der Waals surface area contributed by atoms with Crippen LogP contribution in [0.3, 0.4) is 0 Å². The molecule has 1 fully saturated rings. The van der Waals surface area contributed by atoms with Gasteiger partial charge in [-0.3, -0.25) is 0 Å². The Morgan fingerprint density at radius 2 is 2.00 bits per heavy atom. The van der Waals surface area contributed by atoms with E-state index in [1.807, 2.05) is 12.2 Å². The summed E-state index contributed by atoms with van der Waals surface area (Å²) in [5.41, 5.74) is 3.69. The number of benzene rings is 1. The van der Waals surface area contributed by atoms with Crippen LogP contribution in [-0.2, 0) is 9.96 Å². The lowest BCUT2D eigenvalue weighted by atomic mass is 9.94. The molecule has 0 spiro atoms. The first-order valence-corrected chi connectivity index (χ1v) is 9.48. The van der Waals surface area contributed by atoms with Gasteiger partial charge in [-0.2, -0.15) is 0 Å². The Kier molecular flexibility index (Phi) is 4.43. The first-order valence-electron chi connectivity index (χ1n) is 6.98. The molecular weight excluding hydrogens is 248 g/mol. The van der Waals surface area contributed by atoms with E-state index in [4.69, 9.17) is 4.74 Å². The van der Waals surface area contributed by atoms with Gasteiger partial charge in [0.15, 0.2) is 0 Å². The summed E-state index contributed by atoms with van der Waals surface area (Å²) in [7, 11) is -0.608. The standard InChI is InChI=1S/C17H23OSi/c1-5-14-9-10-15(6-2)16(13-14)17(19(3)4)11-7-8-12-18-17/h5-6,9-10,13H,1-2,7-8,11-12H2,3-4H3. The highest BCUT2D eigenvalue weighted by atomic mass is 28.3. The molecule has 1 unspecified atom stereocenters. The molecule has 1 saturated heterocycles. The molecular formula is C17H23OSi. The minimum absolute atomic E-state index is 0.0640. The smallest absolute Gasteiger partial charge is 0.0886 e. The van der Waals surface area contributed by atoms with Gasteiger partial charge in [0.25, 0.3) is 0 Å². The zero-order chi connectivity index (χ0) is 13.9. The van der Waals surface area contributed by atoms with Crippen molar-refractivity contribution in [3.8, 4) is 0 Å². The van der Waals surface area contributed by atoms with Crippen LogP contribution >= 0.6 is 0 Å². The van der Waals surface area contributed by atoms with Crippen LogP contribution in [0.2, 0.25) is 13.1 Å². The van der Waals surface area contributed by atoms with Crippen molar-refractivity contribution in [3.05, 3.63) is 48.0 Å². The van der Waals surface area contributed by atoms with Crippen molar-refractivity contribution >= 4 is 20.9 Å². The number of hydrogen-bond donors (Lipinski definition) is 0. The Morgan fingerprint density at radius 3 is 2.53 bits per heavy atom. The predicted molar refractivity (Wildman–Crippen MR) is 85.6 cm³/mol. The molecule has 0 aliphatic carbocycles. The third-order valence-electron chi connectivity index (χ3n) is 4.05. The summed E-state index contributed by atoms with van der Waals surface area (Å²) in [5, 5.41) is -0.0640. The van der Waals surface area contributed by atoms with Crippen molar-refractivity contribution in [2.45, 2.75) is 37.6 Å². The maximum atomic E-state index is 6.32. The first kappa shape index (κ1) is 14.3. The molecule has 1 atom stereocenters. The highest BCUT2D eigenvalue weighted by Crippen LogP contribution is 2.40. The number of ether oxygens (including phenoxy) is 1. The molecule has 0 saturated carbocycles. The maximum absolute atomic E-state index is 6.32. The third kappa shape index (κ3) is 2.60. The van der Waals surface area contributed by atoms with Crippen molar-refractivity contribution in [2.75, 3.05) is 6.61 Å². The van der Waals surface area contributed by atoms with Gasteiger partial charge in [0.1, 0.15) is 0 Å². The van der Waals surface area contributed by atoms with E-state index in [9.17, 15) is 0 Å². The molecule has 2 rings (SSSR count). The summed E-state index contributed by atoms with van der Waals surface area (Å²) in [4.78, 5) is 0. The fraction of sp³-hybridized carbons (Fsp3) is 0.412. The second kappa shape index (κ2) is 5.89. The van der Waals surface area contributed by atoms with Crippen LogP contribution < -0.4 is 0 Å². The zero-order valence-electron chi connectivity index (χ0n) is 12.0. The molecule has 1 nitrogen and oxygen atoms in total. The highest BCUT2D eigenvalue weighted by molar-refractivity contribution is 6.59. The molecule has 101 valence electrons. The van der Waals surface area contributed by atoms with E-state index in [1.165, 1.54) is 24.0 Å². The average Bonchev–Trinajstić information content (AvgIpc) is 2.47. The Balaban J connectivity index is 2.57. The lowest BCUT2D eigenvalue weighted by Crippen LogP contribution is -2.45. The van der Waals surface area contributed by atoms with Gasteiger partial charge in [0, 0.05) is 6.61 Å². The van der Waals surface area contributed by atoms with Crippen LogP contribution in [0.4, 0.5) is 0 Å². The van der Waals surface area contributed by atoms with Crippen LogP contribution in [0.25, 0.3) is 12.2 Å². The van der Waals surface area contributed by atoms with E-state index < -0.39 is 8.80 Å². The predicted octanol–water partition coefficient (Wildman–Crippen LogP) is 4.66. The fourth-order valence-electron chi connectivity index (χ4n) is 2.90. The summed E-state index contributed by atoms with van der Waals surface area (Å²) in [6, 6.07) is 6.48. The van der Waals surface area contributed by atoms with Crippen LogP contribution in [0, 0.1) is 0 Å². The largest absolute Gasteiger partial charge is 0.374 e. The molecule has 0 amide bonds. The molecule has 0 N–H and O–H groups in total. The first-order chi connectivity index (χ1) is 9.14. The quantitative estimate of drug-likeness (QED) is 0.724. The SMILES string of the molecule is C=Cc1ccc(C=C)c(C2([Si](C)C)CCCCO2)c1. The Hall–Kier alpha value is -1.12. The van der Waals surface area contributed by atoms with E-state index >= 15 is 0 Å². The van der Waals surface area contributed by atoms with Gasteiger partial charge in [-0.1, -0.05) is 50.5 Å². The van der Waals surface area contributed by atoms with Crippen molar-refractivity contribution in [1.82, 2.24) is 0 Å². The van der Waals surface area contributed by atoms with Gasteiger partial charge in [-0.15, -0.1) is 0 Å². The number of rotatable bonds is 4. The van der Waals surface area contributed by atoms with Crippen molar-refractivity contribution in [3.63, 3.8) is 0 Å². The summed E-state index contributed by atoms with van der Waals surface area (Å²) < 4.78 is 6.32. The molecule has 1 aliphatic rings. The molecule has 1 aliphatic heterocycles. The normalized spacial score (nSPS) is 23.3. The molecule has 1 aromatic carbocycles. The molecule has 0 bridgehead atoms. The summed E-state index contributed by atoms with van der Waals surface area (Å²) in [6.07, 6.45) is 7.43. The molecule has 1 radical (unpaired) electrons. The maximum Gasteiger partial charge on any atom is 0.0886 e. The lowest BCUT2D eigenvalue weighted by molar-refractivity contribution is -0.0265. The fourth-order valence-corrected chi connectivity index (χ4v) is 4.72. The second-order valence-corrected chi connectivity index (χ2v) is 8.20. The molecule has 1 aromatic rings. The van der Waals surface area contributed by atoms with Crippen LogP contribution in [0.5, 0.6) is 0 Å². The van der Waals surface area contributed by atoms with Gasteiger partial charge in [-0.25, -0.2) is 0 Å².